The fourth-order valence-corrected chi connectivity index (χ4v) is 3.31. The maximum atomic E-state index is 5.51. The first-order valence-corrected chi connectivity index (χ1v) is 7.58. The molecule has 0 aromatic heterocycles. The average Bonchev–Trinajstić information content (AvgIpc) is 2.46. The van der Waals surface area contributed by atoms with Crippen molar-refractivity contribution in [2.75, 3.05) is 20.2 Å². The molecule has 2 rings (SSSR count). The van der Waals surface area contributed by atoms with Gasteiger partial charge in [-0.2, -0.15) is 0 Å². The summed E-state index contributed by atoms with van der Waals surface area (Å²) in [4.78, 5) is 0. The number of benzene rings is 1. The van der Waals surface area contributed by atoms with Crippen LogP contribution in [0.2, 0.25) is 0 Å². The summed E-state index contributed by atoms with van der Waals surface area (Å²) in [6.07, 6.45) is 6.68. The van der Waals surface area contributed by atoms with E-state index in [1.165, 1.54) is 43.2 Å². The van der Waals surface area contributed by atoms with Gasteiger partial charge in [0.2, 0.25) is 0 Å². The molecule has 0 atom stereocenters. The largest absolute Gasteiger partial charge is 0.496 e. The second-order valence-electron chi connectivity index (χ2n) is 5.81. The smallest absolute Gasteiger partial charge is 0.122 e. The molecule has 0 saturated heterocycles. The summed E-state index contributed by atoms with van der Waals surface area (Å²) >= 11 is 0. The number of aryl methyl sites for hydroxylation is 1. The lowest BCUT2D eigenvalue weighted by molar-refractivity contribution is 0.280. The molecule has 2 nitrogen and oxygen atoms in total. The van der Waals surface area contributed by atoms with Crippen LogP contribution in [0, 0.1) is 6.92 Å². The number of likely N-dealkylation sites (N-methyl/N-ethyl adjacent to an activating group) is 1. The molecule has 0 heterocycles. The molecule has 1 N–H and O–H groups in total. The number of nitrogens with one attached hydrogen (secondary N) is 1. The first-order valence-electron chi connectivity index (χ1n) is 7.58. The minimum absolute atomic E-state index is 0.315. The zero-order valence-electron chi connectivity index (χ0n) is 12.6. The summed E-state index contributed by atoms with van der Waals surface area (Å²) < 4.78 is 5.51. The van der Waals surface area contributed by atoms with E-state index < -0.39 is 0 Å². The van der Waals surface area contributed by atoms with E-state index in [-0.39, 0.29) is 0 Å². The topological polar surface area (TPSA) is 21.3 Å². The zero-order chi connectivity index (χ0) is 13.7. The molecule has 1 aromatic carbocycles. The minimum Gasteiger partial charge on any atom is -0.496 e. The first kappa shape index (κ1) is 14.4. The summed E-state index contributed by atoms with van der Waals surface area (Å²) in [5.74, 6) is 1.03. The van der Waals surface area contributed by atoms with Gasteiger partial charge in [-0.25, -0.2) is 0 Å². The molecule has 1 aromatic rings. The van der Waals surface area contributed by atoms with Gasteiger partial charge in [-0.3, -0.25) is 0 Å². The van der Waals surface area contributed by atoms with E-state index in [9.17, 15) is 0 Å². The molecule has 1 saturated carbocycles. The van der Waals surface area contributed by atoms with Gasteiger partial charge in [0.1, 0.15) is 5.75 Å². The Morgan fingerprint density at radius 1 is 1.21 bits per heavy atom. The van der Waals surface area contributed by atoms with E-state index in [1.807, 2.05) is 0 Å². The van der Waals surface area contributed by atoms with Gasteiger partial charge in [0.15, 0.2) is 0 Å². The van der Waals surface area contributed by atoms with Crippen LogP contribution in [0.5, 0.6) is 5.75 Å². The van der Waals surface area contributed by atoms with Crippen molar-refractivity contribution in [2.45, 2.75) is 51.4 Å². The Balaban J connectivity index is 2.31. The second kappa shape index (κ2) is 6.42. The SMILES string of the molecule is CCNCC1(c2ccc(C)c(OC)c2)CCCCC1. The number of ether oxygens (including phenoxy) is 1. The maximum absolute atomic E-state index is 5.51. The van der Waals surface area contributed by atoms with Crippen molar-refractivity contribution in [3.8, 4) is 5.75 Å². The van der Waals surface area contributed by atoms with Gasteiger partial charge >= 0.3 is 0 Å². The van der Waals surface area contributed by atoms with E-state index in [2.05, 4.69) is 37.4 Å². The predicted octanol–water partition coefficient (Wildman–Crippen LogP) is 3.82. The molecule has 19 heavy (non-hydrogen) atoms. The summed E-state index contributed by atoms with van der Waals surface area (Å²) in [6, 6.07) is 6.77. The van der Waals surface area contributed by atoms with E-state index in [1.54, 1.807) is 7.11 Å². The van der Waals surface area contributed by atoms with E-state index >= 15 is 0 Å². The van der Waals surface area contributed by atoms with Crippen molar-refractivity contribution in [1.29, 1.82) is 0 Å². The Labute approximate surface area is 117 Å². The van der Waals surface area contributed by atoms with Gasteiger partial charge in [0.25, 0.3) is 0 Å². The molecule has 0 aliphatic heterocycles. The minimum atomic E-state index is 0.315. The van der Waals surface area contributed by atoms with Crippen LogP contribution in [0.15, 0.2) is 18.2 Å². The highest BCUT2D eigenvalue weighted by Gasteiger charge is 2.33. The molecule has 106 valence electrons. The lowest BCUT2D eigenvalue weighted by Gasteiger charge is -2.38. The zero-order valence-corrected chi connectivity index (χ0v) is 12.6. The monoisotopic (exact) mass is 261 g/mol. The van der Waals surface area contributed by atoms with Gasteiger partial charge in [-0.05, 0) is 43.5 Å². The Kier molecular flexibility index (Phi) is 4.87. The van der Waals surface area contributed by atoms with Gasteiger partial charge in [0.05, 0.1) is 7.11 Å². The highest BCUT2D eigenvalue weighted by atomic mass is 16.5. The van der Waals surface area contributed by atoms with Crippen molar-refractivity contribution in [2.24, 2.45) is 0 Å². The Bertz CT molecular complexity index is 408. The molecule has 0 amide bonds. The molecule has 0 spiro atoms. The summed E-state index contributed by atoms with van der Waals surface area (Å²) in [6.45, 7) is 6.44. The van der Waals surface area contributed by atoms with Crippen LogP contribution in [0.4, 0.5) is 0 Å². The number of hydrogen-bond donors (Lipinski definition) is 1. The molecular formula is C17H27NO. The van der Waals surface area contributed by atoms with Crippen LogP contribution in [0.1, 0.15) is 50.2 Å². The molecule has 1 aliphatic carbocycles. The molecule has 2 heteroatoms. The predicted molar refractivity (Wildman–Crippen MR) is 81.0 cm³/mol. The first-order chi connectivity index (χ1) is 9.22. The molecule has 1 aliphatic rings. The van der Waals surface area contributed by atoms with Crippen LogP contribution in [-0.4, -0.2) is 20.2 Å². The van der Waals surface area contributed by atoms with Crippen molar-refractivity contribution in [1.82, 2.24) is 5.32 Å². The Morgan fingerprint density at radius 3 is 2.58 bits per heavy atom. The normalized spacial score (nSPS) is 18.3. The van der Waals surface area contributed by atoms with Crippen molar-refractivity contribution in [3.05, 3.63) is 29.3 Å². The molecule has 1 fully saturated rings. The van der Waals surface area contributed by atoms with E-state index in [0.29, 0.717) is 5.41 Å². The van der Waals surface area contributed by atoms with Crippen molar-refractivity contribution < 1.29 is 4.74 Å². The van der Waals surface area contributed by atoms with Gasteiger partial charge in [-0.1, -0.05) is 38.3 Å². The molecule has 0 bridgehead atoms. The lowest BCUT2D eigenvalue weighted by atomic mass is 9.69. The van der Waals surface area contributed by atoms with Crippen molar-refractivity contribution >= 4 is 0 Å². The van der Waals surface area contributed by atoms with Crippen LogP contribution in [0.3, 0.4) is 0 Å². The quantitative estimate of drug-likeness (QED) is 0.870. The molecule has 0 unspecified atom stereocenters. The van der Waals surface area contributed by atoms with Gasteiger partial charge < -0.3 is 10.1 Å². The molecular weight excluding hydrogens is 234 g/mol. The maximum Gasteiger partial charge on any atom is 0.122 e. The second-order valence-corrected chi connectivity index (χ2v) is 5.81. The summed E-state index contributed by atoms with van der Waals surface area (Å²) in [5.41, 5.74) is 2.99. The van der Waals surface area contributed by atoms with Crippen LogP contribution in [0.25, 0.3) is 0 Å². The highest BCUT2D eigenvalue weighted by molar-refractivity contribution is 5.40. The van der Waals surface area contributed by atoms with Crippen LogP contribution >= 0.6 is 0 Å². The third-order valence-electron chi connectivity index (χ3n) is 4.54. The van der Waals surface area contributed by atoms with E-state index in [4.69, 9.17) is 4.74 Å². The summed E-state index contributed by atoms with van der Waals surface area (Å²) in [5, 5.41) is 3.57. The van der Waals surface area contributed by atoms with Crippen molar-refractivity contribution in [3.63, 3.8) is 0 Å². The van der Waals surface area contributed by atoms with E-state index in [0.717, 1.165) is 18.8 Å². The van der Waals surface area contributed by atoms with Crippen LogP contribution < -0.4 is 10.1 Å². The third kappa shape index (κ3) is 3.11. The number of hydrogen-bond acceptors (Lipinski definition) is 2. The summed E-state index contributed by atoms with van der Waals surface area (Å²) in [7, 11) is 1.77. The lowest BCUT2D eigenvalue weighted by Crippen LogP contribution is -2.40. The standard InChI is InChI=1S/C17H27NO/c1-4-18-13-17(10-6-5-7-11-17)15-9-8-14(2)16(12-15)19-3/h8-9,12,18H,4-7,10-11,13H2,1-3H3. The highest BCUT2D eigenvalue weighted by Crippen LogP contribution is 2.40. The Morgan fingerprint density at radius 2 is 1.95 bits per heavy atom. The fraction of sp³-hybridized carbons (Fsp3) is 0.647. The van der Waals surface area contributed by atoms with Crippen LogP contribution in [-0.2, 0) is 5.41 Å². The number of rotatable bonds is 5. The third-order valence-corrected chi connectivity index (χ3v) is 4.54. The Hall–Kier alpha value is -1.02. The fourth-order valence-electron chi connectivity index (χ4n) is 3.31. The van der Waals surface area contributed by atoms with Gasteiger partial charge in [0, 0.05) is 12.0 Å². The molecule has 0 radical (unpaired) electrons. The average molecular weight is 261 g/mol. The number of methoxy groups -OCH3 is 1. The van der Waals surface area contributed by atoms with Gasteiger partial charge in [-0.15, -0.1) is 0 Å².